The van der Waals surface area contributed by atoms with Gasteiger partial charge in [-0.15, -0.1) is 17.0 Å². The molecule has 0 radical (unpaired) electrons. The molecule has 3 aliphatic rings. The number of likely N-dealkylation sites (N-methyl/N-ethyl adjacent to an activating group) is 1. The second-order valence-electron chi connectivity index (χ2n) is 10.7. The fourth-order valence-electron chi connectivity index (χ4n) is 6.30. The van der Waals surface area contributed by atoms with Crippen LogP contribution < -0.4 is 11.1 Å². The van der Waals surface area contributed by atoms with E-state index in [2.05, 4.69) is 21.2 Å². The van der Waals surface area contributed by atoms with Crippen LogP contribution in [0.3, 0.4) is 0 Å². The van der Waals surface area contributed by atoms with Gasteiger partial charge in [0.05, 0.1) is 17.3 Å². The summed E-state index contributed by atoms with van der Waals surface area (Å²) in [5, 5.41) is 47.6. The number of allylic oxidation sites excluding steroid dienone is 1. The van der Waals surface area contributed by atoms with Crippen molar-refractivity contribution in [2.75, 3.05) is 19.4 Å². The van der Waals surface area contributed by atoms with Crippen molar-refractivity contribution in [3.05, 3.63) is 81.8 Å². The number of carbonyl (C=O) groups is 4. The number of primary amides is 1. The lowest BCUT2D eigenvalue weighted by Crippen LogP contribution is -2.63. The first-order chi connectivity index (χ1) is 19.3. The van der Waals surface area contributed by atoms with Crippen molar-refractivity contribution in [2.45, 2.75) is 29.3 Å². The molecule has 5 rings (SSSR count). The van der Waals surface area contributed by atoms with Crippen molar-refractivity contribution in [1.82, 2.24) is 4.90 Å². The summed E-state index contributed by atoms with van der Waals surface area (Å²) in [5.74, 6) is -7.81. The average Bonchev–Trinajstić information content (AvgIpc) is 2.91. The number of rotatable bonds is 5. The van der Waals surface area contributed by atoms with E-state index in [0.29, 0.717) is 11.1 Å². The van der Waals surface area contributed by atoms with Gasteiger partial charge in [0.25, 0.3) is 5.91 Å². The largest absolute Gasteiger partial charge is 0.510 e. The smallest absolute Gasteiger partial charge is 0.255 e. The molecule has 0 aromatic heterocycles. The maximum absolute atomic E-state index is 13.8. The lowest BCUT2D eigenvalue weighted by Gasteiger charge is -2.50. The predicted molar refractivity (Wildman–Crippen MR) is 161 cm³/mol. The molecule has 42 heavy (non-hydrogen) atoms. The topological polar surface area (TPSA) is 190 Å². The number of Topliss-reactive ketones (excluding diaryl/α,β-unsaturated/α-hetero) is 2. The van der Waals surface area contributed by atoms with Gasteiger partial charge < -0.3 is 31.5 Å². The van der Waals surface area contributed by atoms with E-state index < -0.39 is 74.5 Å². The first-order valence-corrected chi connectivity index (χ1v) is 13.7. The summed E-state index contributed by atoms with van der Waals surface area (Å²) in [5.41, 5.74) is 2.38. The summed E-state index contributed by atoms with van der Waals surface area (Å²) in [6.45, 7) is 0. The van der Waals surface area contributed by atoms with Crippen LogP contribution in [0.15, 0.2) is 65.1 Å². The van der Waals surface area contributed by atoms with Crippen molar-refractivity contribution >= 4 is 62.0 Å². The predicted octanol–water partition coefficient (Wildman–Crippen LogP) is 2.77. The van der Waals surface area contributed by atoms with Crippen LogP contribution in [0.2, 0.25) is 0 Å². The molecule has 13 heteroatoms. The monoisotopic (exact) mass is 705 g/mol. The number of alkyl halides is 1. The van der Waals surface area contributed by atoms with E-state index in [0.717, 1.165) is 0 Å². The number of fused-ring (bicyclic) bond motifs is 3. The molecule has 0 fully saturated rings. The van der Waals surface area contributed by atoms with Crippen LogP contribution in [0.25, 0.3) is 0 Å². The van der Waals surface area contributed by atoms with E-state index in [1.54, 1.807) is 50.5 Å². The zero-order chi connectivity index (χ0) is 30.0. The van der Waals surface area contributed by atoms with Gasteiger partial charge in [0.15, 0.2) is 17.1 Å². The van der Waals surface area contributed by atoms with Gasteiger partial charge in [-0.05, 0) is 50.0 Å². The number of nitrogens with one attached hydrogen (secondary N) is 1. The Morgan fingerprint density at radius 3 is 2.33 bits per heavy atom. The van der Waals surface area contributed by atoms with Crippen molar-refractivity contribution in [3.8, 4) is 5.75 Å². The summed E-state index contributed by atoms with van der Waals surface area (Å²) < 4.78 is 0. The van der Waals surface area contributed by atoms with Gasteiger partial charge in [-0.1, -0.05) is 52.3 Å². The summed E-state index contributed by atoms with van der Waals surface area (Å²) in [4.78, 5) is 52.9. The van der Waals surface area contributed by atoms with Crippen LogP contribution >= 0.6 is 32.9 Å². The summed E-state index contributed by atoms with van der Waals surface area (Å²) in [6, 6.07) is 10.8. The number of anilines is 1. The maximum atomic E-state index is 13.8. The second kappa shape index (κ2) is 11.3. The number of phenolic OH excluding ortho intramolecular Hbond substituents is 1. The van der Waals surface area contributed by atoms with Gasteiger partial charge in [-0.25, -0.2) is 0 Å². The number of aliphatic hydroxyl groups is 3. The number of ketones is 2. The molecule has 11 nitrogen and oxygen atoms in total. The number of hydrogen-bond donors (Lipinski definition) is 6. The quantitative estimate of drug-likeness (QED) is 0.154. The molecule has 2 aromatic carbocycles. The van der Waals surface area contributed by atoms with Crippen molar-refractivity contribution in [3.63, 3.8) is 0 Å². The maximum Gasteiger partial charge on any atom is 0.255 e. The van der Waals surface area contributed by atoms with Gasteiger partial charge in [0.1, 0.15) is 21.9 Å². The number of carbonyl (C=O) groups excluding carboxylic acids is 4. The minimum Gasteiger partial charge on any atom is -0.510 e. The Bertz CT molecular complexity index is 1570. The molecular formula is C29H29Br2N3O8. The second-order valence-corrected chi connectivity index (χ2v) is 11.6. The molecule has 0 spiro atoms. The molecule has 2 aromatic rings. The number of nitrogens with zero attached hydrogens (tertiary/aromatic N) is 1. The van der Waals surface area contributed by atoms with Gasteiger partial charge in [-0.3, -0.25) is 24.1 Å². The third-order valence-corrected chi connectivity index (χ3v) is 9.12. The van der Waals surface area contributed by atoms with Gasteiger partial charge in [0, 0.05) is 11.5 Å². The van der Waals surface area contributed by atoms with Crippen LogP contribution in [0.1, 0.15) is 32.7 Å². The molecule has 3 aliphatic carbocycles. The zero-order valence-electron chi connectivity index (χ0n) is 22.5. The van der Waals surface area contributed by atoms with E-state index in [9.17, 15) is 39.6 Å². The zero-order valence-corrected chi connectivity index (χ0v) is 25.8. The third-order valence-electron chi connectivity index (χ3n) is 8.18. The standard InChI is InChI=1S/C29H28BrN3O8.BrH/c1-33(2)21-15-11-14-10-13-8-9-16(32-28(40)20(30)12-6-4-3-5-7-12)22(34)17(13)23(35)18(14)25(37)29(15,41)26(38)19(24(21)36)27(31)39;/h3-9,14-15,20-21,34,36-37,41H,10-11H2,1-2H3,(H2,31,39)(H,32,40);1H/t14?,15?,20?,21-,29-;/m0./s1. The first kappa shape index (κ1) is 31.4. The minimum absolute atomic E-state index is 0. The number of aromatic hydroxyl groups is 1. The molecule has 7 N–H and O–H groups in total. The molecule has 0 saturated heterocycles. The molecular weight excluding hydrogens is 678 g/mol. The Morgan fingerprint density at radius 1 is 1.10 bits per heavy atom. The van der Waals surface area contributed by atoms with Gasteiger partial charge in [0.2, 0.25) is 11.7 Å². The molecule has 0 saturated carbocycles. The summed E-state index contributed by atoms with van der Waals surface area (Å²) in [6.07, 6.45) is 0.148. The summed E-state index contributed by atoms with van der Waals surface area (Å²) >= 11 is 3.33. The van der Waals surface area contributed by atoms with Crippen molar-refractivity contribution < 1.29 is 39.6 Å². The van der Waals surface area contributed by atoms with E-state index in [1.165, 1.54) is 11.0 Å². The molecule has 3 unspecified atom stereocenters. The van der Waals surface area contributed by atoms with Gasteiger partial charge >= 0.3 is 0 Å². The third kappa shape index (κ3) is 4.64. The first-order valence-electron chi connectivity index (χ1n) is 12.8. The van der Waals surface area contributed by atoms with Crippen LogP contribution in [0.4, 0.5) is 5.69 Å². The molecule has 222 valence electrons. The molecule has 0 aliphatic heterocycles. The van der Waals surface area contributed by atoms with Crippen LogP contribution in [0, 0.1) is 11.8 Å². The van der Waals surface area contributed by atoms with E-state index in [4.69, 9.17) is 5.73 Å². The SMILES string of the molecule is Br.CN(C)[C@@H]1C(O)=C(C(N)=O)C(=O)[C@@]2(O)C(O)=C3C(=O)c4c(ccc(NC(=O)C(Br)c5ccccc5)c4O)CC3CC12. The van der Waals surface area contributed by atoms with Crippen molar-refractivity contribution in [2.24, 2.45) is 17.6 Å². The molecule has 5 atom stereocenters. The molecule has 0 heterocycles. The van der Waals surface area contributed by atoms with Crippen LogP contribution in [-0.2, 0) is 20.8 Å². The highest BCUT2D eigenvalue weighted by Gasteiger charge is 2.63. The van der Waals surface area contributed by atoms with Gasteiger partial charge in [-0.2, -0.15) is 0 Å². The average molecular weight is 707 g/mol. The molecule has 0 bridgehead atoms. The highest BCUT2D eigenvalue weighted by Crippen LogP contribution is 2.52. The lowest BCUT2D eigenvalue weighted by atomic mass is 9.58. The highest BCUT2D eigenvalue weighted by atomic mass is 79.9. The van der Waals surface area contributed by atoms with Crippen LogP contribution in [0.5, 0.6) is 5.75 Å². The van der Waals surface area contributed by atoms with E-state index in [-0.39, 0.29) is 46.6 Å². The minimum atomic E-state index is -2.72. The number of amides is 2. The number of benzene rings is 2. The number of aliphatic hydroxyl groups excluding tert-OH is 2. The number of phenols is 1. The normalized spacial score (nSPS) is 25.7. The van der Waals surface area contributed by atoms with Crippen LogP contribution in [-0.4, -0.2) is 74.4 Å². The van der Waals surface area contributed by atoms with Crippen molar-refractivity contribution in [1.29, 1.82) is 0 Å². The summed E-state index contributed by atoms with van der Waals surface area (Å²) in [7, 11) is 3.13. The Balaban J connectivity index is 0.00000405. The lowest BCUT2D eigenvalue weighted by molar-refractivity contribution is -0.148. The Hall–Kier alpha value is -3.52. The Morgan fingerprint density at radius 2 is 1.74 bits per heavy atom. The van der Waals surface area contributed by atoms with E-state index in [1.807, 2.05) is 0 Å². The number of halogens is 2. The Kier molecular flexibility index (Phi) is 8.44. The Labute approximate surface area is 259 Å². The highest BCUT2D eigenvalue weighted by molar-refractivity contribution is 9.09. The molecule has 2 amide bonds. The fourth-order valence-corrected chi connectivity index (χ4v) is 6.72. The van der Waals surface area contributed by atoms with E-state index >= 15 is 0 Å². The number of hydrogen-bond acceptors (Lipinski definition) is 9. The number of nitrogens with two attached hydrogens (primary N) is 1. The fraction of sp³-hybridized carbons (Fsp3) is 0.310.